The average Bonchev–Trinajstić information content (AvgIpc) is 2.48. The summed E-state index contributed by atoms with van der Waals surface area (Å²) in [6, 6.07) is 6.64. The summed E-state index contributed by atoms with van der Waals surface area (Å²) in [4.78, 5) is 2.54. The zero-order valence-corrected chi connectivity index (χ0v) is 14.6. The molecule has 1 atom stereocenters. The van der Waals surface area contributed by atoms with E-state index in [0.29, 0.717) is 12.6 Å². The van der Waals surface area contributed by atoms with Gasteiger partial charge in [-0.2, -0.15) is 0 Å². The second-order valence-electron chi connectivity index (χ2n) is 5.58. The van der Waals surface area contributed by atoms with Crippen LogP contribution in [0.15, 0.2) is 34.8 Å². The summed E-state index contributed by atoms with van der Waals surface area (Å²) in [5.74, 6) is 0.991. The average molecular weight is 353 g/mol. The maximum atomic E-state index is 5.85. The van der Waals surface area contributed by atoms with Crippen LogP contribution in [0.3, 0.4) is 0 Å². The quantitative estimate of drug-likeness (QED) is 0.788. The third kappa shape index (κ3) is 4.56. The van der Waals surface area contributed by atoms with Gasteiger partial charge in [0.1, 0.15) is 5.75 Å². The third-order valence-electron chi connectivity index (χ3n) is 3.76. The van der Waals surface area contributed by atoms with Crippen molar-refractivity contribution in [1.82, 2.24) is 10.2 Å². The van der Waals surface area contributed by atoms with Crippen LogP contribution in [-0.4, -0.2) is 37.7 Å². The number of benzene rings is 1. The van der Waals surface area contributed by atoms with E-state index in [1.165, 1.54) is 11.1 Å². The molecule has 1 aliphatic rings. The molecule has 0 aromatic heterocycles. The van der Waals surface area contributed by atoms with E-state index in [1.807, 2.05) is 13.0 Å². The number of hydrogen-bond acceptors (Lipinski definition) is 3. The number of halogens is 1. The minimum Gasteiger partial charge on any atom is -0.494 e. The monoisotopic (exact) mass is 352 g/mol. The van der Waals surface area contributed by atoms with Crippen LogP contribution in [0.25, 0.3) is 0 Å². The lowest BCUT2D eigenvalue weighted by Gasteiger charge is -2.36. The van der Waals surface area contributed by atoms with Crippen LogP contribution < -0.4 is 10.1 Å². The SMILES string of the molecule is C=C(C)C[C@H](c1cc(Br)ccc1OCC)N1CCNCC1. The summed E-state index contributed by atoms with van der Waals surface area (Å²) in [6.45, 7) is 13.2. The molecule has 1 fully saturated rings. The van der Waals surface area contributed by atoms with Crippen molar-refractivity contribution in [2.75, 3.05) is 32.8 Å². The van der Waals surface area contributed by atoms with Crippen LogP contribution in [-0.2, 0) is 0 Å². The van der Waals surface area contributed by atoms with Gasteiger partial charge in [0.2, 0.25) is 0 Å². The topological polar surface area (TPSA) is 24.5 Å². The van der Waals surface area contributed by atoms with E-state index in [9.17, 15) is 0 Å². The molecule has 0 unspecified atom stereocenters. The minimum atomic E-state index is 0.337. The van der Waals surface area contributed by atoms with Crippen LogP contribution in [0, 0.1) is 0 Å². The highest BCUT2D eigenvalue weighted by atomic mass is 79.9. The molecule has 0 aliphatic carbocycles. The van der Waals surface area contributed by atoms with Gasteiger partial charge in [0.15, 0.2) is 0 Å². The number of hydrogen-bond donors (Lipinski definition) is 1. The first-order chi connectivity index (χ1) is 10.1. The van der Waals surface area contributed by atoms with Crippen LogP contribution in [0.5, 0.6) is 5.75 Å². The van der Waals surface area contributed by atoms with Crippen LogP contribution >= 0.6 is 15.9 Å². The number of piperazine rings is 1. The zero-order chi connectivity index (χ0) is 15.2. The van der Waals surface area contributed by atoms with Gasteiger partial charge in [-0.25, -0.2) is 0 Å². The van der Waals surface area contributed by atoms with Gasteiger partial charge in [-0.05, 0) is 38.5 Å². The molecule has 0 radical (unpaired) electrons. The van der Waals surface area contributed by atoms with Crippen molar-refractivity contribution in [3.8, 4) is 5.75 Å². The Balaban J connectivity index is 2.34. The molecule has 0 spiro atoms. The maximum absolute atomic E-state index is 5.85. The lowest BCUT2D eigenvalue weighted by molar-refractivity contribution is 0.168. The Morgan fingerprint density at radius 1 is 1.43 bits per heavy atom. The first kappa shape index (κ1) is 16.5. The fraction of sp³-hybridized carbons (Fsp3) is 0.529. The van der Waals surface area contributed by atoms with Gasteiger partial charge in [0.25, 0.3) is 0 Å². The Kier molecular flexibility index (Phi) is 6.27. The molecular formula is C17H25BrN2O. The molecule has 21 heavy (non-hydrogen) atoms. The third-order valence-corrected chi connectivity index (χ3v) is 4.26. The second-order valence-corrected chi connectivity index (χ2v) is 6.49. The van der Waals surface area contributed by atoms with Gasteiger partial charge in [-0.3, -0.25) is 4.90 Å². The van der Waals surface area contributed by atoms with E-state index in [1.54, 1.807) is 0 Å². The Labute approximate surface area is 136 Å². The highest BCUT2D eigenvalue weighted by Gasteiger charge is 2.25. The van der Waals surface area contributed by atoms with Gasteiger partial charge in [0, 0.05) is 42.3 Å². The predicted molar refractivity (Wildman–Crippen MR) is 91.9 cm³/mol. The molecule has 0 saturated carbocycles. The number of nitrogens with zero attached hydrogens (tertiary/aromatic N) is 1. The number of rotatable bonds is 6. The molecule has 3 nitrogen and oxygen atoms in total. The molecule has 1 aliphatic heterocycles. The van der Waals surface area contributed by atoms with E-state index in [-0.39, 0.29) is 0 Å². The Hall–Kier alpha value is -0.840. The fourth-order valence-electron chi connectivity index (χ4n) is 2.83. The Bertz CT molecular complexity index is 484. The summed E-state index contributed by atoms with van der Waals surface area (Å²) in [5.41, 5.74) is 2.47. The molecule has 2 rings (SSSR count). The van der Waals surface area contributed by atoms with E-state index in [0.717, 1.165) is 42.8 Å². The van der Waals surface area contributed by atoms with Gasteiger partial charge in [0.05, 0.1) is 6.61 Å². The fourth-order valence-corrected chi connectivity index (χ4v) is 3.21. The van der Waals surface area contributed by atoms with Gasteiger partial charge >= 0.3 is 0 Å². The van der Waals surface area contributed by atoms with E-state index < -0.39 is 0 Å². The maximum Gasteiger partial charge on any atom is 0.124 e. The first-order valence-corrected chi connectivity index (χ1v) is 8.42. The molecule has 1 aromatic carbocycles. The lowest BCUT2D eigenvalue weighted by Crippen LogP contribution is -2.45. The van der Waals surface area contributed by atoms with Gasteiger partial charge in [-0.1, -0.05) is 21.5 Å². The van der Waals surface area contributed by atoms with E-state index in [2.05, 4.69) is 51.8 Å². The van der Waals surface area contributed by atoms with E-state index in [4.69, 9.17) is 4.74 Å². The number of ether oxygens (including phenoxy) is 1. The molecular weight excluding hydrogens is 328 g/mol. The number of nitrogens with one attached hydrogen (secondary N) is 1. The first-order valence-electron chi connectivity index (χ1n) is 7.63. The van der Waals surface area contributed by atoms with Crippen molar-refractivity contribution in [3.63, 3.8) is 0 Å². The highest BCUT2D eigenvalue weighted by Crippen LogP contribution is 2.35. The van der Waals surface area contributed by atoms with Crippen LogP contribution in [0.1, 0.15) is 31.9 Å². The van der Waals surface area contributed by atoms with Crippen molar-refractivity contribution in [2.45, 2.75) is 26.3 Å². The molecule has 1 heterocycles. The summed E-state index contributed by atoms with van der Waals surface area (Å²) in [5, 5.41) is 3.42. The van der Waals surface area contributed by atoms with Crippen LogP contribution in [0.4, 0.5) is 0 Å². The van der Waals surface area contributed by atoms with E-state index >= 15 is 0 Å². The minimum absolute atomic E-state index is 0.337. The highest BCUT2D eigenvalue weighted by molar-refractivity contribution is 9.10. The molecule has 0 amide bonds. The van der Waals surface area contributed by atoms with Crippen molar-refractivity contribution in [2.24, 2.45) is 0 Å². The summed E-state index contributed by atoms with van der Waals surface area (Å²) in [6.07, 6.45) is 0.969. The Morgan fingerprint density at radius 3 is 2.76 bits per heavy atom. The van der Waals surface area contributed by atoms with Crippen molar-refractivity contribution < 1.29 is 4.74 Å². The summed E-state index contributed by atoms with van der Waals surface area (Å²) in [7, 11) is 0. The van der Waals surface area contributed by atoms with Crippen molar-refractivity contribution >= 4 is 15.9 Å². The molecule has 1 N–H and O–H groups in total. The molecule has 4 heteroatoms. The predicted octanol–water partition coefficient (Wildman–Crippen LogP) is 3.76. The van der Waals surface area contributed by atoms with Crippen molar-refractivity contribution in [1.29, 1.82) is 0 Å². The van der Waals surface area contributed by atoms with Crippen molar-refractivity contribution in [3.05, 3.63) is 40.4 Å². The lowest BCUT2D eigenvalue weighted by atomic mass is 9.97. The molecule has 1 aromatic rings. The smallest absolute Gasteiger partial charge is 0.124 e. The molecule has 0 bridgehead atoms. The largest absolute Gasteiger partial charge is 0.494 e. The summed E-state index contributed by atoms with van der Waals surface area (Å²) >= 11 is 3.60. The second kappa shape index (κ2) is 7.97. The van der Waals surface area contributed by atoms with Gasteiger partial charge < -0.3 is 10.1 Å². The Morgan fingerprint density at radius 2 is 2.14 bits per heavy atom. The van der Waals surface area contributed by atoms with Crippen LogP contribution in [0.2, 0.25) is 0 Å². The molecule has 116 valence electrons. The summed E-state index contributed by atoms with van der Waals surface area (Å²) < 4.78 is 6.95. The standard InChI is InChI=1S/C17H25BrN2O/c1-4-21-17-6-5-14(18)12-15(17)16(11-13(2)3)20-9-7-19-8-10-20/h5-6,12,16,19H,2,4,7-11H2,1,3H3/t16-/m1/s1. The zero-order valence-electron chi connectivity index (χ0n) is 13.0. The normalized spacial score (nSPS) is 17.5. The van der Waals surface area contributed by atoms with Gasteiger partial charge in [-0.15, -0.1) is 6.58 Å². The molecule has 1 saturated heterocycles.